The molecule has 0 saturated carbocycles. The number of carbonyl (C=O) groups excluding carboxylic acids is 3. The number of nitrogens with zero attached hydrogens (tertiary/aromatic N) is 4. The van der Waals surface area contributed by atoms with Crippen LogP contribution < -0.4 is 22.0 Å². The van der Waals surface area contributed by atoms with Gasteiger partial charge in [0.15, 0.2) is 11.0 Å². The molecule has 13 heteroatoms. The first kappa shape index (κ1) is 24.1. The van der Waals surface area contributed by atoms with Crippen molar-refractivity contribution in [3.63, 3.8) is 0 Å². The molecule has 2 aromatic heterocycles. The van der Waals surface area contributed by atoms with E-state index in [-0.39, 0.29) is 24.0 Å². The molecule has 178 valence electrons. The van der Waals surface area contributed by atoms with Gasteiger partial charge in [0.05, 0.1) is 17.9 Å². The number of thioether (sulfide) groups is 1. The fourth-order valence-electron chi connectivity index (χ4n) is 2.91. The van der Waals surface area contributed by atoms with E-state index in [2.05, 4.69) is 31.3 Å². The van der Waals surface area contributed by atoms with Crippen LogP contribution >= 0.6 is 23.1 Å². The number of rotatable bonds is 9. The van der Waals surface area contributed by atoms with Crippen LogP contribution in [0.2, 0.25) is 0 Å². The van der Waals surface area contributed by atoms with Gasteiger partial charge in [0.1, 0.15) is 0 Å². The van der Waals surface area contributed by atoms with Crippen molar-refractivity contribution >= 4 is 46.0 Å². The summed E-state index contributed by atoms with van der Waals surface area (Å²) in [4.78, 5) is 41.2. The molecule has 3 amide bonds. The maximum Gasteiger partial charge on any atom is 0.270 e. The lowest BCUT2D eigenvalue weighted by Crippen LogP contribution is -2.32. The lowest BCUT2D eigenvalue weighted by Gasteiger charge is -2.11. The van der Waals surface area contributed by atoms with Gasteiger partial charge in [-0.1, -0.05) is 48.2 Å². The Morgan fingerprint density at radius 3 is 2.26 bits per heavy atom. The van der Waals surface area contributed by atoms with Gasteiger partial charge in [-0.3, -0.25) is 30.6 Å². The number of hydrazine groups is 1. The van der Waals surface area contributed by atoms with Crippen molar-refractivity contribution in [2.45, 2.75) is 11.6 Å². The van der Waals surface area contributed by atoms with Gasteiger partial charge in [-0.25, -0.2) is 15.5 Å². The predicted octanol–water partition coefficient (Wildman–Crippen LogP) is 2.04. The van der Waals surface area contributed by atoms with Gasteiger partial charge in [-0.15, -0.1) is 21.5 Å². The highest BCUT2D eigenvalue weighted by molar-refractivity contribution is 7.99. The second-order valence-corrected chi connectivity index (χ2v) is 8.84. The molecular weight excluding hydrogens is 488 g/mol. The van der Waals surface area contributed by atoms with E-state index in [0.717, 1.165) is 11.8 Å². The minimum absolute atomic E-state index is 0.0117. The van der Waals surface area contributed by atoms with Crippen LogP contribution in [0.15, 0.2) is 71.2 Å². The summed E-state index contributed by atoms with van der Waals surface area (Å²) in [5.41, 5.74) is 6.42. The second-order valence-electron chi connectivity index (χ2n) is 7.04. The molecule has 4 rings (SSSR count). The van der Waals surface area contributed by atoms with Gasteiger partial charge in [-0.05, 0) is 24.3 Å². The van der Waals surface area contributed by atoms with E-state index < -0.39 is 5.91 Å². The van der Waals surface area contributed by atoms with Gasteiger partial charge in [0, 0.05) is 16.5 Å². The summed E-state index contributed by atoms with van der Waals surface area (Å²) in [5, 5.41) is 13.6. The van der Waals surface area contributed by atoms with E-state index in [1.54, 1.807) is 53.9 Å². The minimum Gasteiger partial charge on any atom is -0.298 e. The van der Waals surface area contributed by atoms with Crippen LogP contribution in [0.25, 0.3) is 0 Å². The van der Waals surface area contributed by atoms with Gasteiger partial charge in [-0.2, -0.15) is 0 Å². The molecule has 0 saturated heterocycles. The fraction of sp³-hybridized carbons (Fsp3) is 0.0909. The molecule has 0 radical (unpaired) electrons. The van der Waals surface area contributed by atoms with E-state index in [0.29, 0.717) is 32.9 Å². The molecule has 35 heavy (non-hydrogen) atoms. The quantitative estimate of drug-likeness (QED) is 0.116. The average Bonchev–Trinajstić information content (AvgIpc) is 3.50. The van der Waals surface area contributed by atoms with Gasteiger partial charge in [0.25, 0.3) is 11.8 Å². The molecule has 0 aliphatic heterocycles. The SMILES string of the molecule is NNC(=O)CSc1nnc(Cc2csc(NC(=O)c3ccccc3)n2)n1NC(=O)c1ccccc1. The zero-order valence-corrected chi connectivity index (χ0v) is 19.8. The van der Waals surface area contributed by atoms with Crippen LogP contribution in [0, 0.1) is 0 Å². The average molecular weight is 509 g/mol. The van der Waals surface area contributed by atoms with Crippen LogP contribution in [0.1, 0.15) is 32.2 Å². The molecule has 0 bridgehead atoms. The smallest absolute Gasteiger partial charge is 0.270 e. The first-order valence-electron chi connectivity index (χ1n) is 10.3. The number of nitrogens with two attached hydrogens (primary N) is 1. The molecule has 0 atom stereocenters. The van der Waals surface area contributed by atoms with E-state index in [9.17, 15) is 14.4 Å². The lowest BCUT2D eigenvalue weighted by atomic mass is 10.2. The number of nitrogens with one attached hydrogen (secondary N) is 3. The Kier molecular flexibility index (Phi) is 7.82. The summed E-state index contributed by atoms with van der Waals surface area (Å²) in [5.74, 6) is 4.50. The molecule has 0 fully saturated rings. The summed E-state index contributed by atoms with van der Waals surface area (Å²) in [6.45, 7) is 0. The number of benzene rings is 2. The molecule has 5 N–H and O–H groups in total. The van der Waals surface area contributed by atoms with Crippen molar-refractivity contribution in [3.05, 3.63) is 88.7 Å². The van der Waals surface area contributed by atoms with Gasteiger partial charge < -0.3 is 0 Å². The summed E-state index contributed by atoms with van der Waals surface area (Å²) < 4.78 is 1.42. The van der Waals surface area contributed by atoms with Crippen molar-refractivity contribution in [1.29, 1.82) is 0 Å². The molecule has 0 unspecified atom stereocenters. The third kappa shape index (κ3) is 6.29. The number of hydrogen-bond donors (Lipinski definition) is 4. The number of aromatic nitrogens is 4. The highest BCUT2D eigenvalue weighted by Gasteiger charge is 2.19. The van der Waals surface area contributed by atoms with E-state index in [4.69, 9.17) is 5.84 Å². The highest BCUT2D eigenvalue weighted by atomic mass is 32.2. The van der Waals surface area contributed by atoms with Gasteiger partial charge in [0.2, 0.25) is 11.1 Å². The normalized spacial score (nSPS) is 10.5. The Balaban J connectivity index is 1.51. The van der Waals surface area contributed by atoms with E-state index in [1.807, 2.05) is 12.1 Å². The molecule has 4 aromatic rings. The fourth-order valence-corrected chi connectivity index (χ4v) is 4.34. The van der Waals surface area contributed by atoms with Crippen LogP contribution in [-0.4, -0.2) is 43.3 Å². The van der Waals surface area contributed by atoms with E-state index in [1.165, 1.54) is 16.0 Å². The molecule has 11 nitrogen and oxygen atoms in total. The Bertz CT molecular complexity index is 1320. The Morgan fingerprint density at radius 1 is 0.943 bits per heavy atom. The van der Waals surface area contributed by atoms with Gasteiger partial charge >= 0.3 is 0 Å². The largest absolute Gasteiger partial charge is 0.298 e. The van der Waals surface area contributed by atoms with Crippen LogP contribution in [0.4, 0.5) is 5.13 Å². The second kappa shape index (κ2) is 11.4. The molecule has 0 spiro atoms. The topological polar surface area (TPSA) is 157 Å². The van der Waals surface area contributed by atoms with Crippen molar-refractivity contribution in [1.82, 2.24) is 25.3 Å². The van der Waals surface area contributed by atoms with E-state index >= 15 is 0 Å². The number of carbonyl (C=O) groups is 3. The van der Waals surface area contributed by atoms with Crippen molar-refractivity contribution in [3.8, 4) is 0 Å². The monoisotopic (exact) mass is 508 g/mol. The Labute approximate surface area is 208 Å². The molecule has 2 aromatic carbocycles. The lowest BCUT2D eigenvalue weighted by molar-refractivity contribution is -0.118. The first-order chi connectivity index (χ1) is 17.0. The maximum absolute atomic E-state index is 12.8. The molecule has 2 heterocycles. The molecular formula is C22H20N8O3S2. The third-order valence-electron chi connectivity index (χ3n) is 4.59. The summed E-state index contributed by atoms with van der Waals surface area (Å²) >= 11 is 2.34. The van der Waals surface area contributed by atoms with Crippen molar-refractivity contribution in [2.75, 3.05) is 16.5 Å². The standard InChI is InChI=1S/C22H20N8O3S2/c23-26-18(31)13-35-22-28-27-17(30(22)29-20(33)15-9-5-2-6-10-15)11-16-12-34-21(24-16)25-19(32)14-7-3-1-4-8-14/h1-10,12H,11,13,23H2,(H,26,31)(H,29,33)(H,24,25,32). The zero-order chi connectivity index (χ0) is 24.6. The molecule has 0 aliphatic rings. The third-order valence-corrected chi connectivity index (χ3v) is 6.33. The number of amides is 3. The van der Waals surface area contributed by atoms with Crippen LogP contribution in [0.5, 0.6) is 0 Å². The molecule has 0 aliphatic carbocycles. The number of anilines is 1. The number of hydrogen-bond acceptors (Lipinski definition) is 9. The van der Waals surface area contributed by atoms with Crippen molar-refractivity contribution in [2.24, 2.45) is 5.84 Å². The maximum atomic E-state index is 12.8. The highest BCUT2D eigenvalue weighted by Crippen LogP contribution is 2.21. The predicted molar refractivity (Wildman–Crippen MR) is 133 cm³/mol. The summed E-state index contributed by atoms with van der Waals surface area (Å²) in [6, 6.07) is 17.5. The van der Waals surface area contributed by atoms with Crippen LogP contribution in [0.3, 0.4) is 0 Å². The summed E-state index contributed by atoms with van der Waals surface area (Å²) in [6.07, 6.45) is 0.226. The van der Waals surface area contributed by atoms with Crippen LogP contribution in [-0.2, 0) is 11.2 Å². The number of thiazole rings is 1. The zero-order valence-electron chi connectivity index (χ0n) is 18.2. The van der Waals surface area contributed by atoms with Crippen molar-refractivity contribution < 1.29 is 14.4 Å². The minimum atomic E-state index is -0.404. The Hall–Kier alpha value is -4.07. The summed E-state index contributed by atoms with van der Waals surface area (Å²) in [7, 11) is 0. The first-order valence-corrected chi connectivity index (χ1v) is 12.1. The Morgan fingerprint density at radius 2 is 1.60 bits per heavy atom.